The number of carboxylic acid groups (broad SMARTS) is 1. The van der Waals surface area contributed by atoms with E-state index in [1.54, 1.807) is 7.11 Å². The summed E-state index contributed by atoms with van der Waals surface area (Å²) in [6, 6.07) is -0.00463. The molecule has 0 aromatic rings. The Bertz CT molecular complexity index is 233. The van der Waals surface area contributed by atoms with E-state index in [2.05, 4.69) is 5.32 Å². The first-order valence-electron chi connectivity index (χ1n) is 4.45. The molecule has 2 fully saturated rings. The number of carbonyl (C=O) groups is 1. The van der Waals surface area contributed by atoms with E-state index in [4.69, 9.17) is 9.84 Å². The van der Waals surface area contributed by atoms with Crippen LogP contribution < -0.4 is 5.32 Å². The molecule has 0 aliphatic carbocycles. The first-order chi connectivity index (χ1) is 6.19. The number of hydrogen-bond donors (Lipinski definition) is 2. The number of nitrogens with zero attached hydrogens (tertiary/aromatic N) is 1. The highest BCUT2D eigenvalue weighted by atomic mass is 16.5. The normalized spacial score (nSPS) is 37.9. The van der Waals surface area contributed by atoms with Crippen LogP contribution in [0.25, 0.3) is 0 Å². The SMILES string of the molecule is CO[C@@]12CCN(C(=O)O)[C@@H]1CNC2. The van der Waals surface area contributed by atoms with E-state index < -0.39 is 6.09 Å². The highest BCUT2D eigenvalue weighted by molar-refractivity contribution is 5.66. The number of hydrogen-bond acceptors (Lipinski definition) is 3. The van der Waals surface area contributed by atoms with Crippen LogP contribution in [0.2, 0.25) is 0 Å². The van der Waals surface area contributed by atoms with Gasteiger partial charge in [-0.15, -0.1) is 0 Å². The zero-order valence-electron chi connectivity index (χ0n) is 7.62. The van der Waals surface area contributed by atoms with Gasteiger partial charge in [-0.3, -0.25) is 0 Å². The number of amides is 1. The van der Waals surface area contributed by atoms with E-state index >= 15 is 0 Å². The van der Waals surface area contributed by atoms with Gasteiger partial charge in [-0.25, -0.2) is 4.79 Å². The summed E-state index contributed by atoms with van der Waals surface area (Å²) in [5.74, 6) is 0. The lowest BCUT2D eigenvalue weighted by Crippen LogP contribution is -2.46. The van der Waals surface area contributed by atoms with Crippen molar-refractivity contribution in [3.63, 3.8) is 0 Å². The van der Waals surface area contributed by atoms with Crippen LogP contribution in [-0.4, -0.2) is 54.5 Å². The first kappa shape index (κ1) is 8.77. The Labute approximate surface area is 76.7 Å². The summed E-state index contributed by atoms with van der Waals surface area (Å²) >= 11 is 0. The molecule has 0 radical (unpaired) electrons. The lowest BCUT2D eigenvalue weighted by Gasteiger charge is -2.28. The maximum absolute atomic E-state index is 10.8. The van der Waals surface area contributed by atoms with Crippen molar-refractivity contribution in [1.82, 2.24) is 10.2 Å². The van der Waals surface area contributed by atoms with Gasteiger partial charge in [-0.2, -0.15) is 0 Å². The van der Waals surface area contributed by atoms with E-state index in [0.717, 1.165) is 13.0 Å². The van der Waals surface area contributed by atoms with Crippen molar-refractivity contribution in [2.24, 2.45) is 0 Å². The summed E-state index contributed by atoms with van der Waals surface area (Å²) in [6.45, 7) is 2.06. The molecular formula is C8H14N2O3. The van der Waals surface area contributed by atoms with Crippen molar-refractivity contribution < 1.29 is 14.6 Å². The molecule has 2 rings (SSSR count). The average Bonchev–Trinajstić information content (AvgIpc) is 2.59. The van der Waals surface area contributed by atoms with Crippen molar-refractivity contribution in [1.29, 1.82) is 0 Å². The van der Waals surface area contributed by atoms with Crippen LogP contribution in [-0.2, 0) is 4.74 Å². The summed E-state index contributed by atoms with van der Waals surface area (Å²) in [7, 11) is 1.66. The third-order valence-corrected chi connectivity index (χ3v) is 3.17. The van der Waals surface area contributed by atoms with E-state index in [-0.39, 0.29) is 11.6 Å². The second-order valence-corrected chi connectivity index (χ2v) is 3.64. The van der Waals surface area contributed by atoms with Crippen LogP contribution in [0.5, 0.6) is 0 Å². The van der Waals surface area contributed by atoms with Crippen LogP contribution in [0.1, 0.15) is 6.42 Å². The summed E-state index contributed by atoms with van der Waals surface area (Å²) in [6.07, 6.45) is -0.0411. The predicted octanol–water partition coefficient (Wildman–Crippen LogP) is -0.273. The van der Waals surface area contributed by atoms with Gasteiger partial charge in [-0.1, -0.05) is 0 Å². The minimum atomic E-state index is -0.840. The molecule has 0 unspecified atom stereocenters. The molecular weight excluding hydrogens is 172 g/mol. The molecule has 5 heteroatoms. The maximum Gasteiger partial charge on any atom is 0.407 e. The van der Waals surface area contributed by atoms with Gasteiger partial charge in [0, 0.05) is 26.7 Å². The smallest absolute Gasteiger partial charge is 0.407 e. The first-order valence-corrected chi connectivity index (χ1v) is 4.45. The number of methoxy groups -OCH3 is 1. The Balaban J connectivity index is 2.19. The van der Waals surface area contributed by atoms with E-state index in [0.29, 0.717) is 13.1 Å². The number of nitrogens with one attached hydrogen (secondary N) is 1. The molecule has 5 nitrogen and oxygen atoms in total. The van der Waals surface area contributed by atoms with Gasteiger partial charge < -0.3 is 20.1 Å². The third-order valence-electron chi connectivity index (χ3n) is 3.17. The van der Waals surface area contributed by atoms with Gasteiger partial charge in [-0.05, 0) is 6.42 Å². The molecule has 2 saturated heterocycles. The molecule has 2 aliphatic rings. The molecule has 0 bridgehead atoms. The van der Waals surface area contributed by atoms with Gasteiger partial charge in [0.25, 0.3) is 0 Å². The van der Waals surface area contributed by atoms with Crippen molar-refractivity contribution >= 4 is 6.09 Å². The Morgan fingerprint density at radius 1 is 1.77 bits per heavy atom. The minimum absolute atomic E-state index is 0.00463. The quantitative estimate of drug-likeness (QED) is 0.591. The Morgan fingerprint density at radius 2 is 2.54 bits per heavy atom. The monoisotopic (exact) mass is 186 g/mol. The fraction of sp³-hybridized carbons (Fsp3) is 0.875. The van der Waals surface area contributed by atoms with Gasteiger partial charge in [0.2, 0.25) is 0 Å². The summed E-state index contributed by atoms with van der Waals surface area (Å²) < 4.78 is 5.44. The highest BCUT2D eigenvalue weighted by Crippen LogP contribution is 2.34. The van der Waals surface area contributed by atoms with Crippen LogP contribution in [0.4, 0.5) is 4.79 Å². The standard InChI is InChI=1S/C8H14N2O3/c1-13-8-2-3-10(7(11)12)6(8)4-9-5-8/h6,9H,2-5H2,1H3,(H,11,12)/t6-,8-/m1/s1. The second kappa shape index (κ2) is 2.85. The van der Waals surface area contributed by atoms with Gasteiger partial charge in [0.1, 0.15) is 5.60 Å². The second-order valence-electron chi connectivity index (χ2n) is 3.64. The number of likely N-dealkylation sites (tertiary alicyclic amines) is 1. The highest BCUT2D eigenvalue weighted by Gasteiger charge is 2.52. The van der Waals surface area contributed by atoms with Crippen molar-refractivity contribution in [2.75, 3.05) is 26.7 Å². The topological polar surface area (TPSA) is 61.8 Å². The zero-order chi connectivity index (χ0) is 9.47. The molecule has 74 valence electrons. The zero-order valence-corrected chi connectivity index (χ0v) is 7.62. The minimum Gasteiger partial charge on any atom is -0.465 e. The number of fused-ring (bicyclic) bond motifs is 1. The Morgan fingerprint density at radius 3 is 3.15 bits per heavy atom. The molecule has 0 aromatic heterocycles. The van der Waals surface area contributed by atoms with Gasteiger partial charge >= 0.3 is 6.09 Å². The van der Waals surface area contributed by atoms with Crippen molar-refractivity contribution in [3.05, 3.63) is 0 Å². The van der Waals surface area contributed by atoms with Crippen LogP contribution in [0.3, 0.4) is 0 Å². The molecule has 0 aromatic carbocycles. The predicted molar refractivity (Wildman–Crippen MR) is 45.7 cm³/mol. The van der Waals surface area contributed by atoms with Gasteiger partial charge in [0.05, 0.1) is 6.04 Å². The summed E-state index contributed by atoms with van der Waals surface area (Å²) in [4.78, 5) is 12.3. The number of rotatable bonds is 1. The van der Waals surface area contributed by atoms with E-state index in [9.17, 15) is 4.79 Å². The van der Waals surface area contributed by atoms with E-state index in [1.165, 1.54) is 4.90 Å². The lowest BCUT2D eigenvalue weighted by molar-refractivity contribution is -0.00646. The fourth-order valence-corrected chi connectivity index (χ4v) is 2.38. The molecule has 2 atom stereocenters. The largest absolute Gasteiger partial charge is 0.465 e. The molecule has 0 saturated carbocycles. The molecule has 2 heterocycles. The third kappa shape index (κ3) is 1.11. The van der Waals surface area contributed by atoms with Gasteiger partial charge in [0.15, 0.2) is 0 Å². The number of ether oxygens (including phenoxy) is 1. The van der Waals surface area contributed by atoms with E-state index in [1.807, 2.05) is 0 Å². The van der Waals surface area contributed by atoms with Crippen molar-refractivity contribution in [3.8, 4) is 0 Å². The van der Waals surface area contributed by atoms with Crippen LogP contribution >= 0.6 is 0 Å². The average molecular weight is 186 g/mol. The summed E-state index contributed by atoms with van der Waals surface area (Å²) in [5, 5.41) is 12.1. The molecule has 0 spiro atoms. The van der Waals surface area contributed by atoms with Crippen molar-refractivity contribution in [2.45, 2.75) is 18.1 Å². The Kier molecular flexibility index (Phi) is 1.92. The molecule has 1 amide bonds. The Hall–Kier alpha value is -0.810. The summed E-state index contributed by atoms with van der Waals surface area (Å²) in [5.41, 5.74) is -0.265. The maximum atomic E-state index is 10.8. The molecule has 2 N–H and O–H groups in total. The molecule has 13 heavy (non-hydrogen) atoms. The van der Waals surface area contributed by atoms with Crippen LogP contribution in [0, 0.1) is 0 Å². The fourth-order valence-electron chi connectivity index (χ4n) is 2.38. The molecule has 2 aliphatic heterocycles. The lowest BCUT2D eigenvalue weighted by atomic mass is 9.98. The van der Waals surface area contributed by atoms with Crippen LogP contribution in [0.15, 0.2) is 0 Å².